The van der Waals surface area contributed by atoms with E-state index in [9.17, 15) is 4.79 Å². The zero-order valence-corrected chi connectivity index (χ0v) is 16.3. The van der Waals surface area contributed by atoms with Gasteiger partial charge in [0.05, 0.1) is 22.1 Å². The van der Waals surface area contributed by atoms with E-state index < -0.39 is 0 Å². The summed E-state index contributed by atoms with van der Waals surface area (Å²) in [6.45, 7) is 0. The number of rotatable bonds is 2. The van der Waals surface area contributed by atoms with Gasteiger partial charge in [-0.25, -0.2) is 4.98 Å². The Morgan fingerprint density at radius 3 is 2.52 bits per heavy atom. The maximum atomic E-state index is 13.3. The van der Waals surface area contributed by atoms with Crippen LogP contribution in [0.4, 0.5) is 0 Å². The summed E-state index contributed by atoms with van der Waals surface area (Å²) < 4.78 is 3.02. The summed E-state index contributed by atoms with van der Waals surface area (Å²) in [6.07, 6.45) is 0. The molecule has 0 N–H and O–H groups in total. The van der Waals surface area contributed by atoms with Crippen molar-refractivity contribution in [1.82, 2.24) is 9.38 Å². The smallest absolute Gasteiger partial charge is 0.196 e. The predicted octanol–water partition coefficient (Wildman–Crippen LogP) is 6.29. The quantitative estimate of drug-likeness (QED) is 0.305. The first-order chi connectivity index (χ1) is 13.1. The van der Waals surface area contributed by atoms with Crippen LogP contribution in [0.25, 0.3) is 27.6 Å². The summed E-state index contributed by atoms with van der Waals surface area (Å²) in [4.78, 5) is 18.0. The number of pyridine rings is 1. The van der Waals surface area contributed by atoms with Crippen LogP contribution in [0, 0.1) is 0 Å². The summed E-state index contributed by atoms with van der Waals surface area (Å²) in [5, 5.41) is 1.57. The lowest BCUT2D eigenvalue weighted by atomic mass is 10.0. The molecule has 0 spiro atoms. The molecule has 0 saturated carbocycles. The maximum absolute atomic E-state index is 13.3. The van der Waals surface area contributed by atoms with Crippen LogP contribution in [-0.4, -0.2) is 15.2 Å². The van der Waals surface area contributed by atoms with Gasteiger partial charge < -0.3 is 0 Å². The molecule has 5 rings (SSSR count). The average molecular weight is 436 g/mol. The van der Waals surface area contributed by atoms with Crippen molar-refractivity contribution in [2.75, 3.05) is 0 Å². The number of ketones is 1. The van der Waals surface area contributed by atoms with E-state index in [1.807, 2.05) is 48.5 Å². The molecule has 0 radical (unpaired) electrons. The number of carbonyl (C=O) groups is 1. The van der Waals surface area contributed by atoms with Crippen LogP contribution in [0.1, 0.15) is 15.9 Å². The van der Waals surface area contributed by atoms with Gasteiger partial charge in [-0.05, 0) is 60.7 Å². The van der Waals surface area contributed by atoms with E-state index in [2.05, 4.69) is 20.3 Å². The Kier molecular flexibility index (Phi) is 3.78. The van der Waals surface area contributed by atoms with Crippen LogP contribution in [-0.2, 0) is 0 Å². The van der Waals surface area contributed by atoms with Crippen molar-refractivity contribution in [2.45, 2.75) is 0 Å². The third kappa shape index (κ3) is 2.64. The minimum atomic E-state index is -0.0751. The van der Waals surface area contributed by atoms with Crippen LogP contribution in [0.2, 0.25) is 5.02 Å². The normalized spacial score (nSPS) is 11.5. The maximum Gasteiger partial charge on any atom is 0.196 e. The highest BCUT2D eigenvalue weighted by Crippen LogP contribution is 2.29. The van der Waals surface area contributed by atoms with Gasteiger partial charge in [0.1, 0.15) is 5.65 Å². The van der Waals surface area contributed by atoms with Crippen molar-refractivity contribution in [2.24, 2.45) is 0 Å². The summed E-state index contributed by atoms with van der Waals surface area (Å²) in [5.41, 5.74) is 4.66. The fraction of sp³-hybridized carbons (Fsp3) is 0. The lowest BCUT2D eigenvalue weighted by Crippen LogP contribution is -2.05. The van der Waals surface area contributed by atoms with Crippen molar-refractivity contribution in [1.29, 1.82) is 0 Å². The summed E-state index contributed by atoms with van der Waals surface area (Å²) >= 11 is 9.50. The zero-order chi connectivity index (χ0) is 18.5. The number of nitrogens with zero attached hydrogens (tertiary/aromatic N) is 2. The fourth-order valence-electron chi connectivity index (χ4n) is 3.44. The van der Waals surface area contributed by atoms with Gasteiger partial charge in [-0.2, -0.15) is 0 Å². The van der Waals surface area contributed by atoms with Crippen molar-refractivity contribution in [3.8, 4) is 0 Å². The number of benzene rings is 3. The Labute approximate surface area is 168 Å². The van der Waals surface area contributed by atoms with Crippen LogP contribution in [0.5, 0.6) is 0 Å². The second-order valence-electron chi connectivity index (χ2n) is 6.36. The second kappa shape index (κ2) is 6.19. The first kappa shape index (κ1) is 16.5. The molecule has 0 unspecified atom stereocenters. The lowest BCUT2D eigenvalue weighted by molar-refractivity contribution is 0.104. The topological polar surface area (TPSA) is 34.4 Å². The highest BCUT2D eigenvalue weighted by Gasteiger charge is 2.19. The number of hydrogen-bond acceptors (Lipinski definition) is 2. The molecule has 3 nitrogen and oxygen atoms in total. The summed E-state index contributed by atoms with van der Waals surface area (Å²) in [5.74, 6) is -0.0751. The Hall–Kier alpha value is -2.69. The Bertz CT molecular complexity index is 1360. The Balaban J connectivity index is 1.90. The van der Waals surface area contributed by atoms with E-state index in [1.165, 1.54) is 0 Å². The molecule has 130 valence electrons. The van der Waals surface area contributed by atoms with Crippen molar-refractivity contribution >= 4 is 60.9 Å². The third-order valence-electron chi connectivity index (χ3n) is 4.68. The first-order valence-electron chi connectivity index (χ1n) is 8.41. The highest BCUT2D eigenvalue weighted by molar-refractivity contribution is 9.10. The largest absolute Gasteiger partial charge is 0.292 e. The van der Waals surface area contributed by atoms with Crippen LogP contribution in [0.15, 0.2) is 77.3 Å². The van der Waals surface area contributed by atoms with Gasteiger partial charge in [-0.1, -0.05) is 39.7 Å². The molecule has 3 aromatic carbocycles. The molecule has 2 aromatic heterocycles. The number of carbonyl (C=O) groups excluding carboxylic acids is 1. The molecule has 0 bridgehead atoms. The molecule has 0 aliphatic rings. The number of hydrogen-bond donors (Lipinski definition) is 0. The van der Waals surface area contributed by atoms with E-state index in [4.69, 9.17) is 16.6 Å². The monoisotopic (exact) mass is 434 g/mol. The molecule has 0 saturated heterocycles. The first-order valence-corrected chi connectivity index (χ1v) is 9.59. The minimum absolute atomic E-state index is 0.0751. The summed E-state index contributed by atoms with van der Waals surface area (Å²) in [7, 11) is 0. The molecule has 5 heteroatoms. The zero-order valence-electron chi connectivity index (χ0n) is 14.0. The lowest BCUT2D eigenvalue weighted by Gasteiger charge is -2.09. The van der Waals surface area contributed by atoms with Crippen molar-refractivity contribution < 1.29 is 4.79 Å². The Morgan fingerprint density at radius 2 is 1.70 bits per heavy atom. The molecule has 0 amide bonds. The second-order valence-corrected chi connectivity index (χ2v) is 7.71. The van der Waals surface area contributed by atoms with Gasteiger partial charge in [0.25, 0.3) is 0 Å². The molecule has 5 aromatic rings. The average Bonchev–Trinajstić information content (AvgIpc) is 3.07. The Morgan fingerprint density at radius 1 is 0.926 bits per heavy atom. The van der Waals surface area contributed by atoms with E-state index in [1.54, 1.807) is 24.3 Å². The van der Waals surface area contributed by atoms with Gasteiger partial charge in [-0.3, -0.25) is 9.20 Å². The van der Waals surface area contributed by atoms with Crippen LogP contribution in [0.3, 0.4) is 0 Å². The molecule has 0 aliphatic heterocycles. The molecule has 0 fully saturated rings. The highest BCUT2D eigenvalue weighted by atomic mass is 79.9. The standard InChI is InChI=1S/C22H12BrClN2O/c23-15-7-10-19-14(11-15)12-17(21(27)13-5-8-16(24)9-6-13)22-25-18-3-1-2-4-20(18)26(19)22/h1-12H. The minimum Gasteiger partial charge on any atom is -0.292 e. The van der Waals surface area contributed by atoms with Gasteiger partial charge in [0.15, 0.2) is 5.78 Å². The molecular formula is C22H12BrClN2O. The van der Waals surface area contributed by atoms with E-state index in [0.29, 0.717) is 21.8 Å². The molecule has 0 aliphatic carbocycles. The SMILES string of the molecule is O=C(c1ccc(Cl)cc1)c1cc2cc(Br)ccc2n2c1nc1ccccc12. The van der Waals surface area contributed by atoms with Crippen molar-refractivity contribution in [3.63, 3.8) is 0 Å². The number of aromatic nitrogens is 2. The molecule has 0 atom stereocenters. The van der Waals surface area contributed by atoms with E-state index in [-0.39, 0.29) is 5.78 Å². The summed E-state index contributed by atoms with van der Waals surface area (Å²) in [6, 6.07) is 22.8. The number of para-hydroxylation sites is 2. The van der Waals surface area contributed by atoms with Crippen LogP contribution < -0.4 is 0 Å². The van der Waals surface area contributed by atoms with Crippen LogP contribution >= 0.6 is 27.5 Å². The van der Waals surface area contributed by atoms with Gasteiger partial charge in [0.2, 0.25) is 0 Å². The van der Waals surface area contributed by atoms with Crippen molar-refractivity contribution in [3.05, 3.63) is 93.4 Å². The number of imidazole rings is 1. The molecular weight excluding hydrogens is 424 g/mol. The fourth-order valence-corrected chi connectivity index (χ4v) is 3.94. The van der Waals surface area contributed by atoms with Gasteiger partial charge >= 0.3 is 0 Å². The van der Waals surface area contributed by atoms with E-state index >= 15 is 0 Å². The predicted molar refractivity (Wildman–Crippen MR) is 113 cm³/mol. The van der Waals surface area contributed by atoms with Gasteiger partial charge in [-0.15, -0.1) is 0 Å². The van der Waals surface area contributed by atoms with Gasteiger partial charge in [0, 0.05) is 20.4 Å². The van der Waals surface area contributed by atoms with E-state index in [0.717, 1.165) is 26.4 Å². The number of halogens is 2. The number of fused-ring (bicyclic) bond motifs is 5. The molecule has 2 heterocycles. The third-order valence-corrected chi connectivity index (χ3v) is 5.43. The molecule has 27 heavy (non-hydrogen) atoms.